The van der Waals surface area contributed by atoms with E-state index in [4.69, 9.17) is 14.2 Å². The fraction of sp³-hybridized carbons (Fsp3) is 0.259. The molecule has 10 nitrogen and oxygen atoms in total. The molecule has 37 heavy (non-hydrogen) atoms. The maximum atomic E-state index is 12.9. The van der Waals surface area contributed by atoms with Crippen molar-refractivity contribution in [2.75, 3.05) is 27.9 Å². The van der Waals surface area contributed by atoms with Gasteiger partial charge in [0.1, 0.15) is 11.7 Å². The van der Waals surface area contributed by atoms with Crippen molar-refractivity contribution in [1.82, 2.24) is 24.6 Å². The summed E-state index contributed by atoms with van der Waals surface area (Å²) in [6.07, 6.45) is 6.12. The maximum absolute atomic E-state index is 12.9. The minimum Gasteiger partial charge on any atom is -0.493 e. The summed E-state index contributed by atoms with van der Waals surface area (Å²) in [6.45, 7) is 3.12. The molecule has 0 bridgehead atoms. The first-order valence-electron chi connectivity index (χ1n) is 11.7. The van der Waals surface area contributed by atoms with Crippen LogP contribution in [0, 0.1) is 6.92 Å². The second-order valence-electron chi connectivity index (χ2n) is 8.35. The minimum atomic E-state index is -0.279. The predicted molar refractivity (Wildman–Crippen MR) is 140 cm³/mol. The SMILES string of the molecule is COc1cc(/C=C\C(=O)NCCn2ncc3c(=O)n(Cc4ccc(C)cc4)cnc32)cc(OC)c1OC. The van der Waals surface area contributed by atoms with E-state index in [0.29, 0.717) is 53.5 Å². The molecule has 0 aliphatic carbocycles. The number of rotatable bonds is 10. The topological polar surface area (TPSA) is 110 Å². The van der Waals surface area contributed by atoms with E-state index in [1.165, 1.54) is 39.9 Å². The zero-order valence-electron chi connectivity index (χ0n) is 21.2. The number of carbonyl (C=O) groups excluding carboxylic acids is 1. The number of amides is 1. The first-order chi connectivity index (χ1) is 17.9. The van der Waals surface area contributed by atoms with E-state index in [1.807, 2.05) is 31.2 Å². The van der Waals surface area contributed by atoms with Gasteiger partial charge in [0.2, 0.25) is 11.7 Å². The molecule has 2 heterocycles. The smallest absolute Gasteiger partial charge is 0.264 e. The number of benzene rings is 2. The van der Waals surface area contributed by atoms with Crippen LogP contribution in [0.15, 0.2) is 59.8 Å². The normalized spacial score (nSPS) is 11.1. The van der Waals surface area contributed by atoms with Gasteiger partial charge in [0, 0.05) is 12.6 Å². The van der Waals surface area contributed by atoms with Crippen LogP contribution >= 0.6 is 0 Å². The van der Waals surface area contributed by atoms with E-state index in [9.17, 15) is 9.59 Å². The molecular weight excluding hydrogens is 474 g/mol. The molecule has 0 radical (unpaired) electrons. The average molecular weight is 504 g/mol. The van der Waals surface area contributed by atoms with Crippen LogP contribution in [-0.4, -0.2) is 53.1 Å². The van der Waals surface area contributed by atoms with E-state index < -0.39 is 0 Å². The van der Waals surface area contributed by atoms with Gasteiger partial charge in [-0.25, -0.2) is 9.67 Å². The van der Waals surface area contributed by atoms with Crippen molar-refractivity contribution in [2.24, 2.45) is 0 Å². The average Bonchev–Trinajstić information content (AvgIpc) is 3.33. The summed E-state index contributed by atoms with van der Waals surface area (Å²) in [5, 5.41) is 7.54. The molecule has 1 amide bonds. The standard InChI is InChI=1S/C27H29N5O5/c1-18-5-7-19(8-6-18)16-31-17-29-26-21(27(31)34)15-30-32(26)12-11-28-24(33)10-9-20-13-22(35-2)25(37-4)23(14-20)36-3/h5-10,13-15,17H,11-12,16H2,1-4H3,(H,28,33)/b10-9-. The summed E-state index contributed by atoms with van der Waals surface area (Å²) in [4.78, 5) is 29.7. The van der Waals surface area contributed by atoms with E-state index >= 15 is 0 Å². The first-order valence-corrected chi connectivity index (χ1v) is 11.7. The zero-order valence-corrected chi connectivity index (χ0v) is 21.2. The lowest BCUT2D eigenvalue weighted by Gasteiger charge is -2.12. The van der Waals surface area contributed by atoms with Crippen LogP contribution in [0.2, 0.25) is 0 Å². The van der Waals surface area contributed by atoms with Crippen molar-refractivity contribution in [3.63, 3.8) is 0 Å². The second-order valence-corrected chi connectivity index (χ2v) is 8.35. The molecule has 0 spiro atoms. The Hall–Kier alpha value is -4.60. The Morgan fingerprint density at radius 2 is 1.76 bits per heavy atom. The highest BCUT2D eigenvalue weighted by Gasteiger charge is 2.13. The number of nitrogens with one attached hydrogen (secondary N) is 1. The van der Waals surface area contributed by atoms with Crippen LogP contribution in [0.4, 0.5) is 0 Å². The number of carbonyl (C=O) groups is 1. The van der Waals surface area contributed by atoms with Gasteiger partial charge in [0.25, 0.3) is 5.56 Å². The molecule has 0 atom stereocenters. The van der Waals surface area contributed by atoms with Gasteiger partial charge < -0.3 is 19.5 Å². The Morgan fingerprint density at radius 1 is 1.05 bits per heavy atom. The summed E-state index contributed by atoms with van der Waals surface area (Å²) in [7, 11) is 4.60. The highest BCUT2D eigenvalue weighted by molar-refractivity contribution is 5.91. The summed E-state index contributed by atoms with van der Waals surface area (Å²) >= 11 is 0. The van der Waals surface area contributed by atoms with Crippen molar-refractivity contribution in [1.29, 1.82) is 0 Å². The van der Waals surface area contributed by atoms with Gasteiger partial charge in [-0.2, -0.15) is 5.10 Å². The Balaban J connectivity index is 1.38. The molecule has 2 aromatic heterocycles. The van der Waals surface area contributed by atoms with Crippen LogP contribution in [0.3, 0.4) is 0 Å². The Labute approximate surface area is 214 Å². The monoisotopic (exact) mass is 503 g/mol. The zero-order chi connectivity index (χ0) is 26.4. The third-order valence-electron chi connectivity index (χ3n) is 5.83. The summed E-state index contributed by atoms with van der Waals surface area (Å²) in [5.74, 6) is 1.20. The Bertz CT molecular complexity index is 1460. The Morgan fingerprint density at radius 3 is 2.41 bits per heavy atom. The first kappa shape index (κ1) is 25.5. The lowest BCUT2D eigenvalue weighted by atomic mass is 10.1. The van der Waals surface area contributed by atoms with Crippen molar-refractivity contribution < 1.29 is 19.0 Å². The maximum Gasteiger partial charge on any atom is 0.264 e. The molecule has 4 rings (SSSR count). The van der Waals surface area contributed by atoms with Gasteiger partial charge in [-0.15, -0.1) is 0 Å². The van der Waals surface area contributed by atoms with E-state index in [1.54, 1.807) is 27.5 Å². The van der Waals surface area contributed by atoms with Gasteiger partial charge in [-0.05, 0) is 36.3 Å². The number of hydrogen-bond acceptors (Lipinski definition) is 7. The molecule has 1 N–H and O–H groups in total. The number of fused-ring (bicyclic) bond motifs is 1. The number of hydrogen-bond donors (Lipinski definition) is 1. The number of nitrogens with zero attached hydrogens (tertiary/aromatic N) is 4. The molecule has 10 heteroatoms. The Kier molecular flexibility index (Phi) is 7.87. The molecular formula is C27H29N5O5. The summed E-state index contributed by atoms with van der Waals surface area (Å²) in [5.41, 5.74) is 3.22. The molecule has 0 fully saturated rings. The number of aryl methyl sites for hydroxylation is 1. The second kappa shape index (κ2) is 11.4. The molecule has 2 aromatic carbocycles. The predicted octanol–water partition coefficient (Wildman–Crippen LogP) is 2.81. The fourth-order valence-electron chi connectivity index (χ4n) is 3.88. The van der Waals surface area contributed by atoms with Crippen molar-refractivity contribution in [3.8, 4) is 17.2 Å². The van der Waals surface area contributed by atoms with Gasteiger partial charge >= 0.3 is 0 Å². The van der Waals surface area contributed by atoms with Gasteiger partial charge in [0.05, 0.1) is 40.6 Å². The fourth-order valence-corrected chi connectivity index (χ4v) is 3.88. The van der Waals surface area contributed by atoms with E-state index in [2.05, 4.69) is 15.4 Å². The van der Waals surface area contributed by atoms with Crippen LogP contribution in [-0.2, 0) is 17.9 Å². The van der Waals surface area contributed by atoms with Crippen LogP contribution in [0.5, 0.6) is 17.2 Å². The van der Waals surface area contributed by atoms with E-state index in [0.717, 1.165) is 11.1 Å². The molecule has 0 unspecified atom stereocenters. The summed E-state index contributed by atoms with van der Waals surface area (Å²) in [6, 6.07) is 11.5. The highest BCUT2D eigenvalue weighted by atomic mass is 16.5. The van der Waals surface area contributed by atoms with Crippen LogP contribution in [0.1, 0.15) is 16.7 Å². The van der Waals surface area contributed by atoms with Gasteiger partial charge in [-0.1, -0.05) is 29.8 Å². The third kappa shape index (κ3) is 5.80. The van der Waals surface area contributed by atoms with E-state index in [-0.39, 0.29) is 11.5 Å². The third-order valence-corrected chi connectivity index (χ3v) is 5.83. The molecule has 0 saturated carbocycles. The summed E-state index contributed by atoms with van der Waals surface area (Å²) < 4.78 is 19.2. The molecule has 192 valence electrons. The molecule has 0 aliphatic heterocycles. The number of aromatic nitrogens is 4. The van der Waals surface area contributed by atoms with Crippen LogP contribution in [0.25, 0.3) is 17.1 Å². The largest absolute Gasteiger partial charge is 0.493 e. The van der Waals surface area contributed by atoms with Crippen molar-refractivity contribution in [2.45, 2.75) is 20.0 Å². The van der Waals surface area contributed by atoms with Crippen molar-refractivity contribution >= 4 is 23.0 Å². The molecule has 0 saturated heterocycles. The van der Waals surface area contributed by atoms with Gasteiger partial charge in [0.15, 0.2) is 17.1 Å². The highest BCUT2D eigenvalue weighted by Crippen LogP contribution is 2.38. The van der Waals surface area contributed by atoms with Crippen molar-refractivity contribution in [3.05, 3.63) is 82.0 Å². The van der Waals surface area contributed by atoms with Gasteiger partial charge in [-0.3, -0.25) is 14.2 Å². The van der Waals surface area contributed by atoms with Crippen LogP contribution < -0.4 is 25.1 Å². The quantitative estimate of drug-likeness (QED) is 0.332. The number of ether oxygens (including phenoxy) is 3. The lowest BCUT2D eigenvalue weighted by molar-refractivity contribution is -0.116. The molecule has 0 aliphatic rings. The minimum absolute atomic E-state index is 0.158. The number of methoxy groups -OCH3 is 3. The molecule has 4 aromatic rings. The lowest BCUT2D eigenvalue weighted by Crippen LogP contribution is -2.26.